The second-order valence-electron chi connectivity index (χ2n) is 3.51. The molecule has 1 aromatic rings. The molecule has 0 N–H and O–H groups in total. The maximum absolute atomic E-state index is 11.3. The molecule has 1 saturated carbocycles. The molecule has 68 valence electrons. The second kappa shape index (κ2) is 3.17. The molecule has 0 atom stereocenters. The lowest BCUT2D eigenvalue weighted by Crippen LogP contribution is -2.19. The lowest BCUT2D eigenvalue weighted by molar-refractivity contribution is 0.112. The van der Waals surface area contributed by atoms with E-state index in [-0.39, 0.29) is 5.56 Å². The van der Waals surface area contributed by atoms with E-state index in [0.717, 1.165) is 12.8 Å². The number of aromatic nitrogens is 1. The average molecular weight is 177 g/mol. The Balaban J connectivity index is 2.29. The van der Waals surface area contributed by atoms with Crippen LogP contribution < -0.4 is 5.56 Å². The van der Waals surface area contributed by atoms with Crippen molar-refractivity contribution in [3.8, 4) is 0 Å². The van der Waals surface area contributed by atoms with Crippen LogP contribution in [0.25, 0.3) is 0 Å². The van der Waals surface area contributed by atoms with Crippen LogP contribution in [-0.4, -0.2) is 10.9 Å². The molecule has 0 saturated heterocycles. The minimum atomic E-state index is -0.0162. The minimum Gasteiger partial charge on any atom is -0.315 e. The first-order valence-corrected chi connectivity index (χ1v) is 4.45. The summed E-state index contributed by atoms with van der Waals surface area (Å²) in [5.41, 5.74) is 0.553. The summed E-state index contributed by atoms with van der Waals surface area (Å²) in [5.74, 6) is 0.652. The smallest absolute Gasteiger partial charge is 0.250 e. The third-order valence-corrected chi connectivity index (χ3v) is 2.29. The molecule has 0 aliphatic heterocycles. The third kappa shape index (κ3) is 1.86. The summed E-state index contributed by atoms with van der Waals surface area (Å²) in [4.78, 5) is 21.8. The second-order valence-corrected chi connectivity index (χ2v) is 3.51. The molecule has 1 fully saturated rings. The van der Waals surface area contributed by atoms with Gasteiger partial charge in [0.15, 0.2) is 6.29 Å². The molecular weight excluding hydrogens is 166 g/mol. The van der Waals surface area contributed by atoms with Crippen LogP contribution in [0.4, 0.5) is 0 Å². The first-order valence-electron chi connectivity index (χ1n) is 4.45. The van der Waals surface area contributed by atoms with Crippen molar-refractivity contribution < 1.29 is 4.79 Å². The van der Waals surface area contributed by atoms with E-state index in [1.54, 1.807) is 16.8 Å². The van der Waals surface area contributed by atoms with Gasteiger partial charge in [0.1, 0.15) is 0 Å². The van der Waals surface area contributed by atoms with E-state index in [1.807, 2.05) is 0 Å². The largest absolute Gasteiger partial charge is 0.315 e. The molecule has 1 aliphatic carbocycles. The zero-order chi connectivity index (χ0) is 9.26. The fraction of sp³-hybridized carbons (Fsp3) is 0.400. The molecule has 13 heavy (non-hydrogen) atoms. The summed E-state index contributed by atoms with van der Waals surface area (Å²) in [5, 5.41) is 0. The Bertz CT molecular complexity index is 377. The highest BCUT2D eigenvalue weighted by Crippen LogP contribution is 2.29. The van der Waals surface area contributed by atoms with Gasteiger partial charge in [-0.05, 0) is 24.8 Å². The van der Waals surface area contributed by atoms with Crippen molar-refractivity contribution in [3.05, 3.63) is 34.2 Å². The Kier molecular flexibility index (Phi) is 2.00. The number of carbonyl (C=O) groups is 1. The quantitative estimate of drug-likeness (QED) is 0.648. The first kappa shape index (κ1) is 8.23. The van der Waals surface area contributed by atoms with Gasteiger partial charge in [0.05, 0.1) is 0 Å². The minimum absolute atomic E-state index is 0.0162. The molecule has 1 aromatic heterocycles. The Morgan fingerprint density at radius 3 is 2.85 bits per heavy atom. The normalized spacial score (nSPS) is 15.7. The van der Waals surface area contributed by atoms with Crippen molar-refractivity contribution in [2.45, 2.75) is 19.4 Å². The van der Waals surface area contributed by atoms with Crippen molar-refractivity contribution in [2.24, 2.45) is 5.92 Å². The van der Waals surface area contributed by atoms with E-state index in [9.17, 15) is 9.59 Å². The van der Waals surface area contributed by atoms with Crippen molar-refractivity contribution in [1.29, 1.82) is 0 Å². The fourth-order valence-corrected chi connectivity index (χ4v) is 1.34. The van der Waals surface area contributed by atoms with Crippen molar-refractivity contribution in [2.75, 3.05) is 0 Å². The van der Waals surface area contributed by atoms with Crippen LogP contribution in [0.5, 0.6) is 0 Å². The number of hydrogen-bond donors (Lipinski definition) is 0. The number of pyridine rings is 1. The number of nitrogens with zero attached hydrogens (tertiary/aromatic N) is 1. The molecule has 0 radical (unpaired) electrons. The van der Waals surface area contributed by atoms with Crippen LogP contribution in [-0.2, 0) is 6.54 Å². The van der Waals surface area contributed by atoms with Crippen LogP contribution >= 0.6 is 0 Å². The summed E-state index contributed by atoms with van der Waals surface area (Å²) in [6.07, 6.45) is 4.81. The van der Waals surface area contributed by atoms with Gasteiger partial charge in [-0.3, -0.25) is 9.59 Å². The lowest BCUT2D eigenvalue weighted by atomic mass is 10.3. The topological polar surface area (TPSA) is 39.1 Å². The summed E-state index contributed by atoms with van der Waals surface area (Å²) in [6.45, 7) is 0.764. The highest BCUT2D eigenvalue weighted by Gasteiger charge is 2.21. The summed E-state index contributed by atoms with van der Waals surface area (Å²) in [7, 11) is 0. The first-order chi connectivity index (χ1) is 6.29. The monoisotopic (exact) mass is 177 g/mol. The van der Waals surface area contributed by atoms with Gasteiger partial charge in [0, 0.05) is 24.4 Å². The third-order valence-electron chi connectivity index (χ3n) is 2.29. The SMILES string of the molecule is O=Cc1ccc(=O)n(CC2CC2)c1. The van der Waals surface area contributed by atoms with E-state index >= 15 is 0 Å². The molecule has 0 spiro atoms. The van der Waals surface area contributed by atoms with E-state index in [2.05, 4.69) is 0 Å². The molecule has 1 heterocycles. The fourth-order valence-electron chi connectivity index (χ4n) is 1.34. The Hall–Kier alpha value is -1.38. The molecule has 3 heteroatoms. The maximum atomic E-state index is 11.3. The molecule has 3 nitrogen and oxygen atoms in total. The van der Waals surface area contributed by atoms with Crippen LogP contribution in [0.15, 0.2) is 23.1 Å². The van der Waals surface area contributed by atoms with Crippen molar-refractivity contribution >= 4 is 6.29 Å². The van der Waals surface area contributed by atoms with Gasteiger partial charge in [-0.25, -0.2) is 0 Å². The van der Waals surface area contributed by atoms with Crippen LogP contribution in [0.3, 0.4) is 0 Å². The Morgan fingerprint density at radius 2 is 2.23 bits per heavy atom. The van der Waals surface area contributed by atoms with Gasteiger partial charge in [0.25, 0.3) is 5.56 Å². The maximum Gasteiger partial charge on any atom is 0.250 e. The lowest BCUT2D eigenvalue weighted by Gasteiger charge is -2.03. The van der Waals surface area contributed by atoms with Gasteiger partial charge >= 0.3 is 0 Å². The average Bonchev–Trinajstić information content (AvgIpc) is 2.93. The molecule has 0 aromatic carbocycles. The van der Waals surface area contributed by atoms with E-state index in [1.165, 1.54) is 18.9 Å². The Labute approximate surface area is 76.0 Å². The molecule has 0 bridgehead atoms. The van der Waals surface area contributed by atoms with Gasteiger partial charge in [0.2, 0.25) is 0 Å². The zero-order valence-electron chi connectivity index (χ0n) is 7.27. The summed E-state index contributed by atoms with van der Waals surface area (Å²) in [6, 6.07) is 3.00. The van der Waals surface area contributed by atoms with Gasteiger partial charge in [-0.2, -0.15) is 0 Å². The molecule has 0 amide bonds. The van der Waals surface area contributed by atoms with Crippen LogP contribution in [0, 0.1) is 5.92 Å². The van der Waals surface area contributed by atoms with Crippen molar-refractivity contribution in [3.63, 3.8) is 0 Å². The highest BCUT2D eigenvalue weighted by atomic mass is 16.1. The zero-order valence-corrected chi connectivity index (χ0v) is 7.27. The van der Waals surface area contributed by atoms with Gasteiger partial charge in [-0.1, -0.05) is 0 Å². The predicted molar refractivity (Wildman–Crippen MR) is 48.8 cm³/mol. The molecule has 0 unspecified atom stereocenters. The van der Waals surface area contributed by atoms with Crippen molar-refractivity contribution in [1.82, 2.24) is 4.57 Å². The number of rotatable bonds is 3. The van der Waals surface area contributed by atoms with E-state index in [4.69, 9.17) is 0 Å². The summed E-state index contributed by atoms with van der Waals surface area (Å²) < 4.78 is 1.63. The molecule has 1 aliphatic rings. The Morgan fingerprint density at radius 1 is 1.46 bits per heavy atom. The number of aldehydes is 1. The highest BCUT2D eigenvalue weighted by molar-refractivity contribution is 5.73. The van der Waals surface area contributed by atoms with Crippen LogP contribution in [0.2, 0.25) is 0 Å². The van der Waals surface area contributed by atoms with E-state index < -0.39 is 0 Å². The number of hydrogen-bond acceptors (Lipinski definition) is 2. The van der Waals surface area contributed by atoms with Gasteiger partial charge in [-0.15, -0.1) is 0 Å². The molecule has 2 rings (SSSR count). The van der Waals surface area contributed by atoms with Gasteiger partial charge < -0.3 is 4.57 Å². The van der Waals surface area contributed by atoms with Crippen LogP contribution in [0.1, 0.15) is 23.2 Å². The molecular formula is C10H11NO2. The predicted octanol–water partition coefficient (Wildman–Crippen LogP) is 1.07. The van der Waals surface area contributed by atoms with E-state index in [0.29, 0.717) is 11.5 Å². The summed E-state index contributed by atoms with van der Waals surface area (Å²) >= 11 is 0. The number of carbonyl (C=O) groups excluding carboxylic acids is 1. The standard InChI is InChI=1S/C10H11NO2/c12-7-9-3-4-10(13)11(6-9)5-8-1-2-8/h3-4,6-8H,1-2,5H2.